The topological polar surface area (TPSA) is 55.9 Å². The summed E-state index contributed by atoms with van der Waals surface area (Å²) in [5, 5.41) is 7.91. The van der Waals surface area contributed by atoms with Gasteiger partial charge in [0.05, 0.1) is 17.4 Å². The molecule has 0 amide bonds. The van der Waals surface area contributed by atoms with Crippen LogP contribution in [0.5, 0.6) is 0 Å². The molecule has 4 nitrogen and oxygen atoms in total. The Bertz CT molecular complexity index is 376. The van der Waals surface area contributed by atoms with Gasteiger partial charge in [-0.3, -0.25) is 4.68 Å². The summed E-state index contributed by atoms with van der Waals surface area (Å²) < 4.78 is 2.12. The van der Waals surface area contributed by atoms with Gasteiger partial charge in [0.15, 0.2) is 0 Å². The molecule has 1 spiro atoms. The van der Waals surface area contributed by atoms with Crippen LogP contribution >= 0.6 is 0 Å². The van der Waals surface area contributed by atoms with Crippen molar-refractivity contribution in [1.82, 2.24) is 15.1 Å². The van der Waals surface area contributed by atoms with Gasteiger partial charge < -0.3 is 11.1 Å². The fraction of sp³-hybridized carbons (Fsp3) is 0.727. The summed E-state index contributed by atoms with van der Waals surface area (Å²) >= 11 is 0. The average molecular weight is 206 g/mol. The van der Waals surface area contributed by atoms with E-state index in [1.807, 2.05) is 6.92 Å². The number of aryl methyl sites for hydroxylation is 1. The SMILES string of the molecule is Cc1cc2n(n1)CC1(CCNCC1)[C@@H]2N. The molecule has 2 aliphatic rings. The summed E-state index contributed by atoms with van der Waals surface area (Å²) in [6.45, 7) is 5.24. The lowest BCUT2D eigenvalue weighted by atomic mass is 9.74. The van der Waals surface area contributed by atoms with E-state index >= 15 is 0 Å². The van der Waals surface area contributed by atoms with Crippen molar-refractivity contribution in [3.63, 3.8) is 0 Å². The van der Waals surface area contributed by atoms with Gasteiger partial charge in [-0.05, 0) is 38.9 Å². The predicted octanol–water partition coefficient (Wildman–Crippen LogP) is 0.575. The molecule has 4 heteroatoms. The van der Waals surface area contributed by atoms with Crippen molar-refractivity contribution in [2.45, 2.75) is 32.4 Å². The van der Waals surface area contributed by atoms with E-state index in [0.717, 1.165) is 25.3 Å². The van der Waals surface area contributed by atoms with Gasteiger partial charge in [0.25, 0.3) is 0 Å². The quantitative estimate of drug-likeness (QED) is 0.652. The van der Waals surface area contributed by atoms with Gasteiger partial charge in [0.1, 0.15) is 0 Å². The Morgan fingerprint density at radius 1 is 1.53 bits per heavy atom. The highest BCUT2D eigenvalue weighted by Crippen LogP contribution is 2.46. The molecule has 0 unspecified atom stereocenters. The minimum absolute atomic E-state index is 0.181. The van der Waals surface area contributed by atoms with Crippen LogP contribution < -0.4 is 11.1 Å². The Morgan fingerprint density at radius 3 is 2.93 bits per heavy atom. The first-order valence-electron chi connectivity index (χ1n) is 5.72. The maximum absolute atomic E-state index is 6.38. The molecular weight excluding hydrogens is 188 g/mol. The summed E-state index contributed by atoms with van der Waals surface area (Å²) in [4.78, 5) is 0. The van der Waals surface area contributed by atoms with Crippen LogP contribution in [0.25, 0.3) is 0 Å². The molecule has 2 aliphatic heterocycles. The van der Waals surface area contributed by atoms with Gasteiger partial charge >= 0.3 is 0 Å². The Hall–Kier alpha value is -0.870. The van der Waals surface area contributed by atoms with Crippen LogP contribution in [0.2, 0.25) is 0 Å². The molecule has 15 heavy (non-hydrogen) atoms. The summed E-state index contributed by atoms with van der Waals surface area (Å²) in [7, 11) is 0. The zero-order valence-corrected chi connectivity index (χ0v) is 9.16. The Balaban J connectivity index is 1.95. The molecule has 82 valence electrons. The van der Waals surface area contributed by atoms with E-state index in [1.54, 1.807) is 0 Å². The van der Waals surface area contributed by atoms with E-state index in [4.69, 9.17) is 5.73 Å². The molecule has 0 radical (unpaired) electrons. The van der Waals surface area contributed by atoms with Crippen LogP contribution in [-0.4, -0.2) is 22.9 Å². The summed E-state index contributed by atoms with van der Waals surface area (Å²) in [5.74, 6) is 0. The summed E-state index contributed by atoms with van der Waals surface area (Å²) in [6, 6.07) is 2.32. The third-order valence-corrected chi connectivity index (χ3v) is 3.98. The minimum atomic E-state index is 0.181. The van der Waals surface area contributed by atoms with E-state index < -0.39 is 0 Å². The van der Waals surface area contributed by atoms with E-state index in [9.17, 15) is 0 Å². The number of rotatable bonds is 0. The minimum Gasteiger partial charge on any atom is -0.322 e. The van der Waals surface area contributed by atoms with Crippen molar-refractivity contribution < 1.29 is 0 Å². The van der Waals surface area contributed by atoms with Crippen LogP contribution in [0, 0.1) is 12.3 Å². The maximum Gasteiger partial charge on any atom is 0.0597 e. The number of aromatic nitrogens is 2. The van der Waals surface area contributed by atoms with Crippen LogP contribution in [-0.2, 0) is 6.54 Å². The zero-order valence-electron chi connectivity index (χ0n) is 9.16. The lowest BCUT2D eigenvalue weighted by Gasteiger charge is -2.36. The average Bonchev–Trinajstić information content (AvgIpc) is 2.68. The highest BCUT2D eigenvalue weighted by molar-refractivity contribution is 5.21. The van der Waals surface area contributed by atoms with Crippen molar-refractivity contribution in [3.05, 3.63) is 17.5 Å². The third-order valence-electron chi connectivity index (χ3n) is 3.98. The van der Waals surface area contributed by atoms with Gasteiger partial charge in [-0.25, -0.2) is 0 Å². The van der Waals surface area contributed by atoms with Crippen LogP contribution in [0.3, 0.4) is 0 Å². The van der Waals surface area contributed by atoms with Gasteiger partial charge in [0, 0.05) is 12.0 Å². The van der Waals surface area contributed by atoms with Crippen LogP contribution in [0.15, 0.2) is 6.07 Å². The zero-order chi connectivity index (χ0) is 10.5. The van der Waals surface area contributed by atoms with Gasteiger partial charge in [0.2, 0.25) is 0 Å². The molecule has 1 saturated heterocycles. The van der Waals surface area contributed by atoms with Gasteiger partial charge in [-0.1, -0.05) is 0 Å². The summed E-state index contributed by atoms with van der Waals surface area (Å²) in [6.07, 6.45) is 2.35. The molecule has 3 rings (SSSR count). The predicted molar refractivity (Wildman–Crippen MR) is 58.4 cm³/mol. The highest BCUT2D eigenvalue weighted by atomic mass is 15.3. The first-order valence-corrected chi connectivity index (χ1v) is 5.72. The monoisotopic (exact) mass is 206 g/mol. The fourth-order valence-electron chi connectivity index (χ4n) is 3.05. The molecule has 3 heterocycles. The number of fused-ring (bicyclic) bond motifs is 1. The Labute approximate surface area is 89.8 Å². The fourth-order valence-corrected chi connectivity index (χ4v) is 3.05. The van der Waals surface area contributed by atoms with Gasteiger partial charge in [-0.2, -0.15) is 5.10 Å². The lowest BCUT2D eigenvalue weighted by molar-refractivity contribution is 0.158. The molecule has 0 aliphatic carbocycles. The van der Waals surface area contributed by atoms with E-state index in [0.29, 0.717) is 0 Å². The van der Waals surface area contributed by atoms with Crippen molar-refractivity contribution >= 4 is 0 Å². The molecular formula is C11H18N4. The molecule has 0 bridgehead atoms. The second kappa shape index (κ2) is 3.06. The summed E-state index contributed by atoms with van der Waals surface area (Å²) in [5.41, 5.74) is 8.98. The number of hydrogen-bond acceptors (Lipinski definition) is 3. The molecule has 1 aromatic heterocycles. The Kier molecular flexibility index (Phi) is 1.91. The van der Waals surface area contributed by atoms with Crippen LogP contribution in [0.1, 0.15) is 30.3 Å². The maximum atomic E-state index is 6.38. The molecule has 0 saturated carbocycles. The third kappa shape index (κ3) is 1.25. The van der Waals surface area contributed by atoms with E-state index in [-0.39, 0.29) is 11.5 Å². The molecule has 1 aromatic rings. The van der Waals surface area contributed by atoms with Gasteiger partial charge in [-0.15, -0.1) is 0 Å². The highest BCUT2D eigenvalue weighted by Gasteiger charge is 2.45. The van der Waals surface area contributed by atoms with Crippen molar-refractivity contribution in [2.75, 3.05) is 13.1 Å². The molecule has 1 atom stereocenters. The lowest BCUT2D eigenvalue weighted by Crippen LogP contribution is -2.42. The second-order valence-corrected chi connectivity index (χ2v) is 4.96. The van der Waals surface area contributed by atoms with Crippen LogP contribution in [0.4, 0.5) is 0 Å². The van der Waals surface area contributed by atoms with E-state index in [2.05, 4.69) is 21.2 Å². The molecule has 3 N–H and O–H groups in total. The first-order chi connectivity index (χ1) is 7.21. The molecule has 1 fully saturated rings. The molecule has 0 aromatic carbocycles. The number of nitrogens with zero attached hydrogens (tertiary/aromatic N) is 2. The first kappa shape index (κ1) is 9.36. The second-order valence-electron chi connectivity index (χ2n) is 4.96. The number of piperidine rings is 1. The standard InChI is InChI=1S/C11H18N4/c1-8-6-9-10(12)11(7-15(9)14-8)2-4-13-5-3-11/h6,10,13H,2-5,7,12H2,1H3/t10-/m1/s1. The van der Waals surface area contributed by atoms with E-state index in [1.165, 1.54) is 18.5 Å². The number of nitrogens with one attached hydrogen (secondary N) is 1. The van der Waals surface area contributed by atoms with Crippen molar-refractivity contribution in [3.8, 4) is 0 Å². The number of nitrogens with two attached hydrogens (primary N) is 1. The Morgan fingerprint density at radius 2 is 2.27 bits per heavy atom. The largest absolute Gasteiger partial charge is 0.322 e. The van der Waals surface area contributed by atoms with Crippen molar-refractivity contribution in [1.29, 1.82) is 0 Å². The smallest absolute Gasteiger partial charge is 0.0597 e. The van der Waals surface area contributed by atoms with Crippen molar-refractivity contribution in [2.24, 2.45) is 11.1 Å². The normalized spacial score (nSPS) is 28.3. The number of hydrogen-bond donors (Lipinski definition) is 2.